The third-order valence-electron chi connectivity index (χ3n) is 4.38. The Hall–Kier alpha value is -1.66. The molecule has 0 unspecified atom stereocenters. The molecule has 6 heteroatoms. The Morgan fingerprint density at radius 1 is 1.27 bits per heavy atom. The van der Waals surface area contributed by atoms with Gasteiger partial charge < -0.3 is 14.2 Å². The summed E-state index contributed by atoms with van der Waals surface area (Å²) in [5, 5.41) is 0. The van der Waals surface area contributed by atoms with E-state index < -0.39 is 24.1 Å². The fourth-order valence-electron chi connectivity index (χ4n) is 2.20. The van der Waals surface area contributed by atoms with Gasteiger partial charge in [-0.1, -0.05) is 18.7 Å². The number of nitrogens with zero attached hydrogens (tertiary/aromatic N) is 1. The molecule has 1 fully saturated rings. The number of amides is 1. The van der Waals surface area contributed by atoms with Gasteiger partial charge in [-0.3, -0.25) is 4.79 Å². The van der Waals surface area contributed by atoms with E-state index in [1.165, 1.54) is 18.0 Å². The number of anilines is 1. The maximum atomic E-state index is 14.8. The van der Waals surface area contributed by atoms with Gasteiger partial charge in [0.15, 0.2) is 0 Å². The highest BCUT2D eigenvalue weighted by Gasteiger charge is 2.52. The summed E-state index contributed by atoms with van der Waals surface area (Å²) in [6.45, 7) is 11.0. The smallest absolute Gasteiger partial charge is 0.399 e. The molecule has 1 aliphatic rings. The molecular formula is C16H21BFNO3. The first-order valence-corrected chi connectivity index (χ1v) is 7.15. The second-order valence-corrected chi connectivity index (χ2v) is 6.37. The average Bonchev–Trinajstić information content (AvgIpc) is 2.65. The van der Waals surface area contributed by atoms with Gasteiger partial charge in [0.05, 0.1) is 16.9 Å². The van der Waals surface area contributed by atoms with Crippen LogP contribution in [0.5, 0.6) is 0 Å². The number of hydrogen-bond donors (Lipinski definition) is 0. The van der Waals surface area contributed by atoms with E-state index in [1.54, 1.807) is 12.1 Å². The van der Waals surface area contributed by atoms with Gasteiger partial charge in [0, 0.05) is 12.5 Å². The molecule has 0 N–H and O–H groups in total. The van der Waals surface area contributed by atoms with E-state index in [0.29, 0.717) is 0 Å². The molecule has 0 bridgehead atoms. The van der Waals surface area contributed by atoms with Crippen molar-refractivity contribution in [1.29, 1.82) is 0 Å². The Balaban J connectivity index is 2.39. The van der Waals surface area contributed by atoms with E-state index in [-0.39, 0.29) is 17.1 Å². The molecule has 1 aliphatic heterocycles. The van der Waals surface area contributed by atoms with Crippen LogP contribution in [-0.2, 0) is 14.1 Å². The van der Waals surface area contributed by atoms with Crippen LogP contribution in [0.15, 0.2) is 30.9 Å². The molecule has 0 radical (unpaired) electrons. The minimum atomic E-state index is -0.808. The normalized spacial score (nSPS) is 19.1. The molecule has 0 atom stereocenters. The van der Waals surface area contributed by atoms with Gasteiger partial charge >= 0.3 is 7.12 Å². The van der Waals surface area contributed by atoms with Crippen LogP contribution in [0, 0.1) is 5.82 Å². The van der Waals surface area contributed by atoms with E-state index in [9.17, 15) is 9.18 Å². The molecule has 1 aromatic carbocycles. The summed E-state index contributed by atoms with van der Waals surface area (Å²) < 4.78 is 26.5. The summed E-state index contributed by atoms with van der Waals surface area (Å²) in [6.07, 6.45) is 1.14. The van der Waals surface area contributed by atoms with Gasteiger partial charge in [0.1, 0.15) is 5.82 Å². The van der Waals surface area contributed by atoms with Crippen molar-refractivity contribution in [3.05, 3.63) is 36.7 Å². The number of likely N-dealkylation sites (N-methyl/N-ethyl adjacent to an activating group) is 1. The van der Waals surface area contributed by atoms with Crippen molar-refractivity contribution in [3.8, 4) is 0 Å². The van der Waals surface area contributed by atoms with Crippen LogP contribution in [0.1, 0.15) is 27.7 Å². The zero-order chi connectivity index (χ0) is 16.7. The van der Waals surface area contributed by atoms with Gasteiger partial charge in [-0.25, -0.2) is 4.39 Å². The molecule has 0 spiro atoms. The summed E-state index contributed by atoms with van der Waals surface area (Å²) in [5.74, 6) is -0.913. The molecule has 1 saturated heterocycles. The Morgan fingerprint density at radius 3 is 2.32 bits per heavy atom. The molecule has 0 aromatic heterocycles. The van der Waals surface area contributed by atoms with Crippen LogP contribution in [0.4, 0.5) is 10.1 Å². The van der Waals surface area contributed by atoms with Crippen molar-refractivity contribution in [2.24, 2.45) is 0 Å². The van der Waals surface area contributed by atoms with Crippen LogP contribution in [0.3, 0.4) is 0 Å². The van der Waals surface area contributed by atoms with Gasteiger partial charge in [0.2, 0.25) is 5.91 Å². The highest BCUT2D eigenvalue weighted by Crippen LogP contribution is 2.37. The SMILES string of the molecule is C=CC(=O)N(C)c1cccc(B2OC(C)(C)C(C)(C)O2)c1F. The maximum Gasteiger partial charge on any atom is 0.497 e. The summed E-state index contributed by atoms with van der Waals surface area (Å²) in [5.41, 5.74) is -0.664. The lowest BCUT2D eigenvalue weighted by molar-refractivity contribution is -0.113. The van der Waals surface area contributed by atoms with E-state index >= 15 is 0 Å². The highest BCUT2D eigenvalue weighted by molar-refractivity contribution is 6.62. The standard InChI is InChI=1S/C16H21BFNO3/c1-7-13(20)19(6)12-10-8-9-11(14(12)18)17-21-15(2,3)16(4,5)22-17/h7-10H,1H2,2-6H3. The predicted molar refractivity (Wildman–Crippen MR) is 85.7 cm³/mol. The topological polar surface area (TPSA) is 38.8 Å². The zero-order valence-electron chi connectivity index (χ0n) is 13.6. The second kappa shape index (κ2) is 5.52. The van der Waals surface area contributed by atoms with Crippen LogP contribution in [-0.4, -0.2) is 31.3 Å². The third-order valence-corrected chi connectivity index (χ3v) is 4.38. The van der Waals surface area contributed by atoms with E-state index in [2.05, 4.69) is 6.58 Å². The van der Waals surface area contributed by atoms with Crippen molar-refractivity contribution < 1.29 is 18.5 Å². The number of hydrogen-bond acceptors (Lipinski definition) is 3. The lowest BCUT2D eigenvalue weighted by Crippen LogP contribution is -2.41. The molecule has 1 heterocycles. The Kier molecular flexibility index (Phi) is 4.19. The number of halogens is 1. The van der Waals surface area contributed by atoms with E-state index in [1.807, 2.05) is 27.7 Å². The molecular weight excluding hydrogens is 284 g/mol. The second-order valence-electron chi connectivity index (χ2n) is 6.37. The van der Waals surface area contributed by atoms with Crippen molar-refractivity contribution in [2.75, 3.05) is 11.9 Å². The molecule has 22 heavy (non-hydrogen) atoms. The predicted octanol–water partition coefficient (Wildman–Crippen LogP) is 2.27. The molecule has 118 valence electrons. The number of rotatable bonds is 3. The van der Waals surface area contributed by atoms with E-state index in [4.69, 9.17) is 9.31 Å². The number of carbonyl (C=O) groups is 1. The summed E-state index contributed by atoms with van der Waals surface area (Å²) in [7, 11) is 0.688. The minimum absolute atomic E-state index is 0.164. The highest BCUT2D eigenvalue weighted by atomic mass is 19.1. The maximum absolute atomic E-state index is 14.8. The monoisotopic (exact) mass is 305 g/mol. The Morgan fingerprint density at radius 2 is 1.82 bits per heavy atom. The first kappa shape index (κ1) is 16.7. The third kappa shape index (κ3) is 2.68. The van der Waals surface area contributed by atoms with Gasteiger partial charge in [-0.15, -0.1) is 0 Å². The molecule has 0 aliphatic carbocycles. The number of benzene rings is 1. The van der Waals surface area contributed by atoms with Crippen LogP contribution < -0.4 is 10.4 Å². The largest absolute Gasteiger partial charge is 0.497 e. The quantitative estimate of drug-likeness (QED) is 0.635. The minimum Gasteiger partial charge on any atom is -0.399 e. The number of carbonyl (C=O) groups excluding carboxylic acids is 1. The average molecular weight is 305 g/mol. The summed E-state index contributed by atoms with van der Waals surface area (Å²) >= 11 is 0. The van der Waals surface area contributed by atoms with Gasteiger partial charge in [0.25, 0.3) is 0 Å². The Bertz CT molecular complexity index is 599. The molecule has 1 aromatic rings. The lowest BCUT2D eigenvalue weighted by Gasteiger charge is -2.32. The van der Waals surface area contributed by atoms with E-state index in [0.717, 1.165) is 6.08 Å². The van der Waals surface area contributed by atoms with Crippen molar-refractivity contribution in [2.45, 2.75) is 38.9 Å². The lowest BCUT2D eigenvalue weighted by atomic mass is 9.78. The summed E-state index contributed by atoms with van der Waals surface area (Å²) in [4.78, 5) is 12.9. The van der Waals surface area contributed by atoms with Crippen molar-refractivity contribution in [1.82, 2.24) is 0 Å². The van der Waals surface area contributed by atoms with Crippen LogP contribution in [0.2, 0.25) is 0 Å². The van der Waals surface area contributed by atoms with Crippen LogP contribution in [0.25, 0.3) is 0 Å². The zero-order valence-corrected chi connectivity index (χ0v) is 13.6. The first-order valence-electron chi connectivity index (χ1n) is 7.15. The fraction of sp³-hybridized carbons (Fsp3) is 0.438. The van der Waals surface area contributed by atoms with Gasteiger partial charge in [-0.2, -0.15) is 0 Å². The molecule has 4 nitrogen and oxygen atoms in total. The Labute approximate surface area is 131 Å². The molecule has 2 rings (SSSR count). The van der Waals surface area contributed by atoms with Crippen molar-refractivity contribution in [3.63, 3.8) is 0 Å². The van der Waals surface area contributed by atoms with Gasteiger partial charge in [-0.05, 0) is 39.8 Å². The summed E-state index contributed by atoms with van der Waals surface area (Å²) in [6, 6.07) is 4.81. The van der Waals surface area contributed by atoms with Crippen LogP contribution >= 0.6 is 0 Å². The van der Waals surface area contributed by atoms with Crippen molar-refractivity contribution >= 4 is 24.2 Å². The molecule has 0 saturated carbocycles. The first-order chi connectivity index (χ1) is 10.1. The fourth-order valence-corrected chi connectivity index (χ4v) is 2.20. The molecule has 1 amide bonds.